The van der Waals surface area contributed by atoms with Gasteiger partial charge >= 0.3 is 0 Å². The Bertz CT molecular complexity index is 3000. The van der Waals surface area contributed by atoms with Crippen LogP contribution >= 0.6 is 0 Å². The lowest BCUT2D eigenvalue weighted by Gasteiger charge is -2.41. The van der Waals surface area contributed by atoms with Gasteiger partial charge in [-0.15, -0.1) is 0 Å². The molecule has 2 heteroatoms. The number of nitrogens with zero attached hydrogens (tertiary/aromatic N) is 2. The van der Waals surface area contributed by atoms with Crippen molar-refractivity contribution in [1.29, 1.82) is 0 Å². The summed E-state index contributed by atoms with van der Waals surface area (Å²) in [5, 5.41) is 5.17. The monoisotopic (exact) mass is 722 g/mol. The van der Waals surface area contributed by atoms with Crippen LogP contribution in [0.4, 0.5) is 0 Å². The van der Waals surface area contributed by atoms with Gasteiger partial charge in [0.1, 0.15) is 0 Å². The van der Waals surface area contributed by atoms with Gasteiger partial charge in [-0.25, -0.2) is 0 Å². The van der Waals surface area contributed by atoms with Crippen LogP contribution in [0, 0.1) is 17.8 Å². The van der Waals surface area contributed by atoms with E-state index in [-0.39, 0.29) is 5.41 Å². The second-order valence-corrected chi connectivity index (χ2v) is 17.1. The third kappa shape index (κ3) is 4.50. The average molecular weight is 723 g/mol. The zero-order valence-corrected chi connectivity index (χ0v) is 32.1. The lowest BCUT2D eigenvalue weighted by atomic mass is 9.62. The third-order valence-corrected chi connectivity index (χ3v) is 14.6. The van der Waals surface area contributed by atoms with Crippen molar-refractivity contribution >= 4 is 43.6 Å². The van der Waals surface area contributed by atoms with Gasteiger partial charge in [-0.05, 0) is 132 Å². The number of para-hydroxylation sites is 3. The Kier molecular flexibility index (Phi) is 7.13. The second kappa shape index (κ2) is 12.3. The summed E-state index contributed by atoms with van der Waals surface area (Å²) in [5.41, 5.74) is 16.2. The van der Waals surface area contributed by atoms with Crippen molar-refractivity contribution in [3.05, 3.63) is 169 Å². The number of benzene rings is 7. The first kappa shape index (κ1) is 32.4. The van der Waals surface area contributed by atoms with E-state index >= 15 is 0 Å². The molecule has 4 atom stereocenters. The first-order chi connectivity index (χ1) is 27.7. The van der Waals surface area contributed by atoms with Crippen LogP contribution < -0.4 is 0 Å². The van der Waals surface area contributed by atoms with Gasteiger partial charge < -0.3 is 9.13 Å². The molecule has 7 aromatic carbocycles. The van der Waals surface area contributed by atoms with Crippen LogP contribution in [0.1, 0.15) is 63.0 Å². The highest BCUT2D eigenvalue weighted by molar-refractivity contribution is 6.13. The van der Waals surface area contributed by atoms with E-state index in [4.69, 9.17) is 0 Å². The van der Waals surface area contributed by atoms with E-state index in [0.29, 0.717) is 5.92 Å². The maximum atomic E-state index is 2.59. The molecule has 0 saturated heterocycles. The molecule has 3 aliphatic carbocycles. The molecule has 56 heavy (non-hydrogen) atoms. The van der Waals surface area contributed by atoms with E-state index in [1.165, 1.54) is 122 Å². The number of hydrogen-bond donors (Lipinski definition) is 0. The summed E-state index contributed by atoms with van der Waals surface area (Å²) < 4.78 is 4.99. The van der Waals surface area contributed by atoms with Crippen LogP contribution in [-0.2, 0) is 5.41 Å². The Hall–Kier alpha value is -5.86. The highest BCUT2D eigenvalue weighted by Gasteiger charge is 2.52. The fourth-order valence-corrected chi connectivity index (χ4v) is 12.1. The normalized spacial score (nSPS) is 21.6. The second-order valence-electron chi connectivity index (χ2n) is 17.1. The summed E-state index contributed by atoms with van der Waals surface area (Å²) >= 11 is 0. The number of rotatable bonds is 4. The SMILES string of the molecule is CCC1CC2CCC(C1)C1(CC2)c2ccccc2-c2c(-n3c4ccccc4c4cc(-c5ccc6c(c5)c5ccccc5n6-c5ccccc5)ccc43)cccc21. The van der Waals surface area contributed by atoms with Gasteiger partial charge in [-0.1, -0.05) is 123 Å². The molecule has 2 bridgehead atoms. The van der Waals surface area contributed by atoms with Gasteiger partial charge in [0, 0.05) is 38.2 Å². The fraction of sp³-hybridized carbons (Fsp3) is 0.222. The highest BCUT2D eigenvalue weighted by Crippen LogP contribution is 2.62. The Morgan fingerprint density at radius 1 is 0.518 bits per heavy atom. The predicted octanol–water partition coefficient (Wildman–Crippen LogP) is 14.4. The molecule has 9 aromatic rings. The summed E-state index contributed by atoms with van der Waals surface area (Å²) in [5.74, 6) is 2.41. The molecule has 3 aliphatic rings. The lowest BCUT2D eigenvalue weighted by Crippen LogP contribution is -2.36. The van der Waals surface area contributed by atoms with E-state index in [0.717, 1.165) is 11.8 Å². The van der Waals surface area contributed by atoms with Crippen molar-refractivity contribution in [1.82, 2.24) is 9.13 Å². The van der Waals surface area contributed by atoms with Crippen LogP contribution in [0.15, 0.2) is 158 Å². The fourth-order valence-electron chi connectivity index (χ4n) is 12.1. The highest BCUT2D eigenvalue weighted by atomic mass is 15.0. The van der Waals surface area contributed by atoms with Gasteiger partial charge in [0.05, 0.1) is 27.8 Å². The molecule has 0 N–H and O–H groups in total. The molecular formula is C54H46N2. The molecule has 0 radical (unpaired) electrons. The van der Waals surface area contributed by atoms with Crippen LogP contribution in [0.25, 0.3) is 77.2 Å². The molecule has 0 amide bonds. The summed E-state index contributed by atoms with van der Waals surface area (Å²) in [6, 6.07) is 59.7. The molecule has 1 spiro atoms. The number of hydrogen-bond acceptors (Lipinski definition) is 0. The summed E-state index contributed by atoms with van der Waals surface area (Å²) in [6.45, 7) is 2.43. The molecule has 2 heterocycles. The zero-order chi connectivity index (χ0) is 37.0. The summed E-state index contributed by atoms with van der Waals surface area (Å²) in [7, 11) is 0. The van der Waals surface area contributed by atoms with Crippen molar-refractivity contribution in [2.24, 2.45) is 17.8 Å². The molecule has 2 aromatic heterocycles. The maximum absolute atomic E-state index is 2.59. The standard InChI is InChI=1S/C54H46N2/c1-2-35-31-36-23-26-39(32-35)54(30-29-36)46-18-9-6-17-43(46)53-47(54)19-12-22-52(53)56-49-21-11-8-16-42(49)45-34-38(25-28-51(45)56)37-24-27-50-44(33-37)41-15-7-10-20-48(41)55(50)40-13-4-3-5-14-40/h3-22,24-25,27-28,33-36,39H,2,23,26,29-32H2,1H3. The first-order valence-corrected chi connectivity index (χ1v) is 21.1. The van der Waals surface area contributed by atoms with Gasteiger partial charge in [-0.2, -0.15) is 0 Å². The Balaban J connectivity index is 1.05. The van der Waals surface area contributed by atoms with Gasteiger partial charge in [-0.3, -0.25) is 0 Å². The third-order valence-electron chi connectivity index (χ3n) is 14.6. The molecule has 2 fully saturated rings. The minimum Gasteiger partial charge on any atom is -0.309 e. The van der Waals surface area contributed by atoms with Crippen molar-refractivity contribution in [2.45, 2.75) is 57.3 Å². The van der Waals surface area contributed by atoms with E-state index in [1.54, 1.807) is 11.1 Å². The molecule has 272 valence electrons. The summed E-state index contributed by atoms with van der Waals surface area (Å²) in [6.07, 6.45) is 9.49. The molecule has 12 rings (SSSR count). The Morgan fingerprint density at radius 2 is 1.14 bits per heavy atom. The average Bonchev–Trinajstić information content (AvgIpc) is 3.73. The molecular weight excluding hydrogens is 677 g/mol. The van der Waals surface area contributed by atoms with Gasteiger partial charge in [0.15, 0.2) is 0 Å². The number of aromatic nitrogens is 2. The van der Waals surface area contributed by atoms with E-state index in [1.807, 2.05) is 0 Å². The van der Waals surface area contributed by atoms with E-state index < -0.39 is 0 Å². The Labute approximate surface area is 329 Å². The maximum Gasteiger partial charge on any atom is 0.0543 e. The van der Waals surface area contributed by atoms with Gasteiger partial charge in [0.2, 0.25) is 0 Å². The van der Waals surface area contributed by atoms with Crippen molar-refractivity contribution in [2.75, 3.05) is 0 Å². The molecule has 4 unspecified atom stereocenters. The first-order valence-electron chi connectivity index (χ1n) is 21.1. The topological polar surface area (TPSA) is 9.86 Å². The number of fused-ring (bicyclic) bond motifs is 15. The van der Waals surface area contributed by atoms with Crippen LogP contribution in [-0.4, -0.2) is 9.13 Å². The lowest BCUT2D eigenvalue weighted by molar-refractivity contribution is 0.219. The van der Waals surface area contributed by atoms with Crippen molar-refractivity contribution < 1.29 is 0 Å². The molecule has 2 nitrogen and oxygen atoms in total. The van der Waals surface area contributed by atoms with Crippen molar-refractivity contribution in [3.63, 3.8) is 0 Å². The molecule has 2 saturated carbocycles. The Morgan fingerprint density at radius 3 is 1.89 bits per heavy atom. The smallest absolute Gasteiger partial charge is 0.0543 e. The van der Waals surface area contributed by atoms with E-state index in [2.05, 4.69) is 174 Å². The largest absolute Gasteiger partial charge is 0.309 e. The van der Waals surface area contributed by atoms with Crippen LogP contribution in [0.2, 0.25) is 0 Å². The predicted molar refractivity (Wildman–Crippen MR) is 235 cm³/mol. The van der Waals surface area contributed by atoms with Crippen LogP contribution in [0.5, 0.6) is 0 Å². The van der Waals surface area contributed by atoms with Crippen LogP contribution in [0.3, 0.4) is 0 Å². The molecule has 0 aliphatic heterocycles. The van der Waals surface area contributed by atoms with Crippen molar-refractivity contribution in [3.8, 4) is 33.6 Å². The van der Waals surface area contributed by atoms with E-state index in [9.17, 15) is 0 Å². The van der Waals surface area contributed by atoms with Gasteiger partial charge in [0.25, 0.3) is 0 Å². The minimum absolute atomic E-state index is 0.0960. The summed E-state index contributed by atoms with van der Waals surface area (Å²) in [4.78, 5) is 0. The minimum atomic E-state index is 0.0960. The zero-order valence-electron chi connectivity index (χ0n) is 32.1. The quantitative estimate of drug-likeness (QED) is 0.171.